The van der Waals surface area contributed by atoms with Crippen LogP contribution in [0.4, 0.5) is 11.5 Å². The van der Waals surface area contributed by atoms with Gasteiger partial charge in [-0.05, 0) is 36.4 Å². The maximum Gasteiger partial charge on any atom is 0.197 e. The number of methoxy groups -OCH3 is 1. The predicted octanol–water partition coefficient (Wildman–Crippen LogP) is 6.45. The topological polar surface area (TPSA) is 54.3 Å². The summed E-state index contributed by atoms with van der Waals surface area (Å²) in [6, 6.07) is 24.7. The van der Waals surface area contributed by atoms with Crippen molar-refractivity contribution in [2.75, 3.05) is 12.4 Å². The molecule has 0 saturated carbocycles. The molecule has 30 heavy (non-hydrogen) atoms. The molecule has 0 spiro atoms. The van der Waals surface area contributed by atoms with Gasteiger partial charge in [-0.3, -0.25) is 4.40 Å². The number of benzene rings is 3. The number of aromatic nitrogens is 3. The Kier molecular flexibility index (Phi) is 3.79. The van der Waals surface area contributed by atoms with Crippen LogP contribution in [0.15, 0.2) is 79.0 Å². The minimum atomic E-state index is 0.849. The van der Waals surface area contributed by atoms with Gasteiger partial charge in [0.2, 0.25) is 0 Å². The Balaban J connectivity index is 1.64. The normalized spacial score (nSPS) is 11.5. The molecule has 0 aliphatic rings. The summed E-state index contributed by atoms with van der Waals surface area (Å²) >= 11 is 1.66. The molecule has 0 saturated heterocycles. The lowest BCUT2D eigenvalue weighted by Crippen LogP contribution is -1.96. The van der Waals surface area contributed by atoms with E-state index in [1.54, 1.807) is 18.4 Å². The summed E-state index contributed by atoms with van der Waals surface area (Å²) in [6.07, 6.45) is 2.04. The third kappa shape index (κ3) is 2.58. The molecule has 0 fully saturated rings. The highest BCUT2D eigenvalue weighted by Crippen LogP contribution is 2.40. The highest BCUT2D eigenvalue weighted by molar-refractivity contribution is 7.23. The minimum Gasteiger partial charge on any atom is -0.497 e. The lowest BCUT2D eigenvalue weighted by molar-refractivity contribution is 0.415. The number of hydrogen-bond donors (Lipinski definition) is 2. The number of aromatic amines is 1. The Hall–Kier alpha value is -3.77. The number of nitrogens with one attached hydrogen (secondary N) is 2. The van der Waals surface area contributed by atoms with Crippen LogP contribution >= 0.6 is 11.3 Å². The molecule has 0 bridgehead atoms. The Morgan fingerprint density at radius 1 is 1.00 bits per heavy atom. The van der Waals surface area contributed by atoms with E-state index in [1.165, 1.54) is 0 Å². The number of imidazole rings is 1. The number of anilines is 2. The number of ether oxygens (including phenoxy) is 1. The van der Waals surface area contributed by atoms with Gasteiger partial charge >= 0.3 is 0 Å². The summed E-state index contributed by atoms with van der Waals surface area (Å²) in [5, 5.41) is 4.78. The van der Waals surface area contributed by atoms with Crippen molar-refractivity contribution in [3.63, 3.8) is 0 Å². The summed E-state index contributed by atoms with van der Waals surface area (Å²) in [4.78, 5) is 9.37. The summed E-state index contributed by atoms with van der Waals surface area (Å²) in [5.74, 6) is 1.80. The maximum atomic E-state index is 5.41. The van der Waals surface area contributed by atoms with Crippen LogP contribution in [0.5, 0.6) is 5.75 Å². The molecule has 0 radical (unpaired) electrons. The van der Waals surface area contributed by atoms with Crippen LogP contribution < -0.4 is 10.1 Å². The molecule has 146 valence electrons. The molecule has 0 unspecified atom stereocenters. The van der Waals surface area contributed by atoms with E-state index in [-0.39, 0.29) is 0 Å². The largest absolute Gasteiger partial charge is 0.497 e. The number of thiazole rings is 1. The first kappa shape index (κ1) is 17.1. The molecule has 5 nitrogen and oxygen atoms in total. The van der Waals surface area contributed by atoms with Crippen LogP contribution in [-0.2, 0) is 0 Å². The summed E-state index contributed by atoms with van der Waals surface area (Å²) in [5.41, 5.74) is 5.24. The molecule has 0 amide bonds. The molecule has 3 aromatic heterocycles. The number of fused-ring (bicyclic) bond motifs is 4. The fourth-order valence-electron chi connectivity index (χ4n) is 3.91. The van der Waals surface area contributed by atoms with E-state index in [0.29, 0.717) is 0 Å². The van der Waals surface area contributed by atoms with Crippen LogP contribution in [0, 0.1) is 0 Å². The zero-order valence-electron chi connectivity index (χ0n) is 16.2. The predicted molar refractivity (Wildman–Crippen MR) is 124 cm³/mol. The quantitative estimate of drug-likeness (QED) is 0.351. The Labute approximate surface area is 176 Å². The second-order valence-corrected chi connectivity index (χ2v) is 8.11. The molecule has 6 heteroatoms. The van der Waals surface area contributed by atoms with E-state index in [2.05, 4.69) is 57.2 Å². The van der Waals surface area contributed by atoms with Crippen molar-refractivity contribution in [2.24, 2.45) is 0 Å². The molecule has 6 aromatic rings. The second kappa shape index (κ2) is 6.64. The van der Waals surface area contributed by atoms with Gasteiger partial charge in [-0.15, -0.1) is 0 Å². The minimum absolute atomic E-state index is 0.849. The van der Waals surface area contributed by atoms with Gasteiger partial charge in [0.25, 0.3) is 0 Å². The molecular weight excluding hydrogens is 392 g/mol. The lowest BCUT2D eigenvalue weighted by atomic mass is 10.1. The maximum absolute atomic E-state index is 5.41. The third-order valence-corrected chi connectivity index (χ3v) is 6.34. The Morgan fingerprint density at radius 3 is 2.70 bits per heavy atom. The first-order valence-corrected chi connectivity index (χ1v) is 10.5. The number of para-hydroxylation sites is 2. The molecule has 0 atom stereocenters. The van der Waals surface area contributed by atoms with E-state index in [4.69, 9.17) is 9.72 Å². The molecular formula is C24H18N4OS. The van der Waals surface area contributed by atoms with E-state index in [1.807, 2.05) is 36.5 Å². The van der Waals surface area contributed by atoms with E-state index in [9.17, 15) is 0 Å². The lowest BCUT2D eigenvalue weighted by Gasteiger charge is -2.09. The third-order valence-electron chi connectivity index (χ3n) is 5.34. The van der Waals surface area contributed by atoms with Crippen molar-refractivity contribution in [1.82, 2.24) is 14.4 Å². The van der Waals surface area contributed by atoms with Crippen molar-refractivity contribution < 1.29 is 4.74 Å². The average Bonchev–Trinajstić information content (AvgIpc) is 3.46. The van der Waals surface area contributed by atoms with Crippen LogP contribution in [0.3, 0.4) is 0 Å². The molecule has 6 rings (SSSR count). The summed E-state index contributed by atoms with van der Waals surface area (Å²) < 4.78 is 8.74. The zero-order valence-corrected chi connectivity index (χ0v) is 17.0. The fourth-order valence-corrected chi connectivity index (χ4v) is 4.96. The average molecular weight is 411 g/mol. The zero-order chi connectivity index (χ0) is 20.1. The smallest absolute Gasteiger partial charge is 0.197 e. The van der Waals surface area contributed by atoms with Gasteiger partial charge in [0.15, 0.2) is 4.96 Å². The van der Waals surface area contributed by atoms with Crippen LogP contribution in [-0.4, -0.2) is 21.5 Å². The van der Waals surface area contributed by atoms with Gasteiger partial charge in [-0.2, -0.15) is 0 Å². The van der Waals surface area contributed by atoms with Gasteiger partial charge in [0, 0.05) is 28.4 Å². The van der Waals surface area contributed by atoms with Crippen LogP contribution in [0.25, 0.3) is 37.3 Å². The fraction of sp³-hybridized carbons (Fsp3) is 0.0417. The monoisotopic (exact) mass is 410 g/mol. The van der Waals surface area contributed by atoms with Crippen molar-refractivity contribution in [3.8, 4) is 17.0 Å². The first-order valence-electron chi connectivity index (χ1n) is 9.69. The van der Waals surface area contributed by atoms with Gasteiger partial charge in [-0.25, -0.2) is 4.98 Å². The highest BCUT2D eigenvalue weighted by atomic mass is 32.1. The Bertz CT molecular complexity index is 1510. The van der Waals surface area contributed by atoms with Crippen molar-refractivity contribution in [1.29, 1.82) is 0 Å². The summed E-state index contributed by atoms with van der Waals surface area (Å²) in [6.45, 7) is 0. The van der Waals surface area contributed by atoms with Crippen molar-refractivity contribution in [3.05, 3.63) is 79.0 Å². The molecule has 2 N–H and O–H groups in total. The van der Waals surface area contributed by atoms with Crippen LogP contribution in [0.1, 0.15) is 0 Å². The highest BCUT2D eigenvalue weighted by Gasteiger charge is 2.21. The Morgan fingerprint density at radius 2 is 1.83 bits per heavy atom. The number of rotatable bonds is 4. The molecule has 3 heterocycles. The molecule has 3 aromatic carbocycles. The van der Waals surface area contributed by atoms with Gasteiger partial charge in [0.05, 0.1) is 17.3 Å². The standard InChI is InChI=1S/C24H18N4OS/c1-29-16-11-12-20-21(13-16)30-24-27-22(18-14-25-19-10-6-5-9-17(18)19)23(28(20)24)26-15-7-3-2-4-8-15/h2-14,25-26H,1H3. The SMILES string of the molecule is COc1ccc2c(c1)sc1nc(-c3c[nH]c4ccccc34)c(Nc3ccccc3)n12. The number of nitrogens with zero attached hydrogens (tertiary/aromatic N) is 2. The second-order valence-electron chi connectivity index (χ2n) is 7.10. The van der Waals surface area contributed by atoms with Crippen molar-refractivity contribution in [2.45, 2.75) is 0 Å². The van der Waals surface area contributed by atoms with Gasteiger partial charge in [-0.1, -0.05) is 47.7 Å². The van der Waals surface area contributed by atoms with E-state index >= 15 is 0 Å². The molecule has 0 aliphatic carbocycles. The first-order chi connectivity index (χ1) is 14.8. The van der Waals surface area contributed by atoms with Gasteiger partial charge < -0.3 is 15.0 Å². The van der Waals surface area contributed by atoms with E-state index < -0.39 is 0 Å². The van der Waals surface area contributed by atoms with Gasteiger partial charge in [0.1, 0.15) is 17.3 Å². The number of H-pyrrole nitrogens is 1. The number of hydrogen-bond acceptors (Lipinski definition) is 4. The van der Waals surface area contributed by atoms with Crippen molar-refractivity contribution >= 4 is 48.9 Å². The van der Waals surface area contributed by atoms with Crippen LogP contribution in [0.2, 0.25) is 0 Å². The van der Waals surface area contributed by atoms with E-state index in [0.717, 1.165) is 54.6 Å². The molecule has 0 aliphatic heterocycles. The summed E-state index contributed by atoms with van der Waals surface area (Å²) in [7, 11) is 1.69.